The maximum Gasteiger partial charge on any atom is 0.236 e. The number of amides is 2. The fourth-order valence-electron chi connectivity index (χ4n) is 3.55. The van der Waals surface area contributed by atoms with Gasteiger partial charge in [0, 0.05) is 51.7 Å². The molecule has 1 aromatic carbocycles. The molecule has 2 amide bonds. The third kappa shape index (κ3) is 6.64. The lowest BCUT2D eigenvalue weighted by atomic mass is 10.0. The lowest BCUT2D eigenvalue weighted by Gasteiger charge is -2.35. The van der Waals surface area contributed by atoms with Crippen LogP contribution in [0.2, 0.25) is 0 Å². The maximum absolute atomic E-state index is 12.5. The van der Waals surface area contributed by atoms with Crippen molar-refractivity contribution in [2.75, 3.05) is 45.8 Å². The molecule has 0 aliphatic carbocycles. The first-order chi connectivity index (χ1) is 12.1. The van der Waals surface area contributed by atoms with Crippen LogP contribution in [0, 0.1) is 0 Å². The van der Waals surface area contributed by atoms with Crippen molar-refractivity contribution in [3.8, 4) is 0 Å². The molecule has 152 valence electrons. The Morgan fingerprint density at radius 1 is 0.852 bits per heavy atom. The highest BCUT2D eigenvalue weighted by Crippen LogP contribution is 2.16. The van der Waals surface area contributed by atoms with Crippen LogP contribution in [-0.4, -0.2) is 72.3 Å². The molecule has 2 aliphatic heterocycles. The zero-order valence-corrected chi connectivity index (χ0v) is 17.2. The molecular formula is C19H30Cl2N4O2. The molecule has 1 aromatic rings. The van der Waals surface area contributed by atoms with Crippen molar-refractivity contribution in [3.63, 3.8) is 0 Å². The van der Waals surface area contributed by atoms with Crippen LogP contribution in [0.5, 0.6) is 0 Å². The van der Waals surface area contributed by atoms with E-state index in [2.05, 4.69) is 4.90 Å². The zero-order valence-electron chi connectivity index (χ0n) is 15.6. The van der Waals surface area contributed by atoms with Gasteiger partial charge < -0.3 is 15.5 Å². The summed E-state index contributed by atoms with van der Waals surface area (Å²) < 4.78 is 0. The Kier molecular flexibility index (Phi) is 10.1. The van der Waals surface area contributed by atoms with Crippen LogP contribution in [0.15, 0.2) is 30.3 Å². The fourth-order valence-corrected chi connectivity index (χ4v) is 3.55. The lowest BCUT2D eigenvalue weighted by molar-refractivity contribution is -0.135. The molecule has 3 rings (SSSR count). The van der Waals surface area contributed by atoms with Gasteiger partial charge in [-0.05, 0) is 18.4 Å². The number of hydrogen-bond donors (Lipinski definition) is 1. The van der Waals surface area contributed by atoms with Crippen molar-refractivity contribution >= 4 is 36.6 Å². The standard InChI is InChI=1S/C19H28N4O2.2ClH/c20-17(16-6-2-1-3-7-16)14-18(24)23-12-10-21(11-13-23)15-19(25)22-8-4-5-9-22;;/h1-3,6-7,17H,4-5,8-15,20H2;2*1H. The number of likely N-dealkylation sites (tertiary alicyclic amines) is 1. The largest absolute Gasteiger partial charge is 0.342 e. The predicted octanol–water partition coefficient (Wildman–Crippen LogP) is 1.69. The number of carbonyl (C=O) groups excluding carboxylic acids is 2. The van der Waals surface area contributed by atoms with Crippen LogP contribution < -0.4 is 5.73 Å². The van der Waals surface area contributed by atoms with E-state index in [1.165, 1.54) is 0 Å². The fraction of sp³-hybridized carbons (Fsp3) is 0.579. The Morgan fingerprint density at radius 2 is 1.41 bits per heavy atom. The quantitative estimate of drug-likeness (QED) is 0.792. The van der Waals surface area contributed by atoms with Gasteiger partial charge >= 0.3 is 0 Å². The minimum Gasteiger partial charge on any atom is -0.342 e. The first-order valence-electron chi connectivity index (χ1n) is 9.22. The van der Waals surface area contributed by atoms with Gasteiger partial charge in [-0.25, -0.2) is 0 Å². The summed E-state index contributed by atoms with van der Waals surface area (Å²) in [7, 11) is 0. The second-order valence-corrected chi connectivity index (χ2v) is 6.97. The number of benzene rings is 1. The van der Waals surface area contributed by atoms with Gasteiger partial charge in [0.05, 0.1) is 6.54 Å². The second kappa shape index (κ2) is 11.5. The van der Waals surface area contributed by atoms with Crippen molar-refractivity contribution in [2.24, 2.45) is 5.73 Å². The van der Waals surface area contributed by atoms with Gasteiger partial charge in [-0.1, -0.05) is 30.3 Å². The number of nitrogens with two attached hydrogens (primary N) is 1. The molecule has 2 saturated heterocycles. The summed E-state index contributed by atoms with van der Waals surface area (Å²) in [5.74, 6) is 0.324. The van der Waals surface area contributed by atoms with Crippen molar-refractivity contribution < 1.29 is 9.59 Å². The second-order valence-electron chi connectivity index (χ2n) is 6.97. The van der Waals surface area contributed by atoms with Crippen LogP contribution in [0.1, 0.15) is 30.9 Å². The molecule has 0 saturated carbocycles. The van der Waals surface area contributed by atoms with Crippen LogP contribution in [-0.2, 0) is 9.59 Å². The highest BCUT2D eigenvalue weighted by Gasteiger charge is 2.26. The van der Waals surface area contributed by atoms with Crippen LogP contribution >= 0.6 is 24.8 Å². The van der Waals surface area contributed by atoms with E-state index in [1.54, 1.807) is 0 Å². The first kappa shape index (κ1) is 23.7. The molecule has 2 heterocycles. The minimum absolute atomic E-state index is 0. The summed E-state index contributed by atoms with van der Waals surface area (Å²) >= 11 is 0. The van der Waals surface area contributed by atoms with Crippen LogP contribution in [0.4, 0.5) is 0 Å². The Morgan fingerprint density at radius 3 is 2.00 bits per heavy atom. The number of piperazine rings is 1. The van der Waals surface area contributed by atoms with E-state index in [4.69, 9.17) is 5.73 Å². The van der Waals surface area contributed by atoms with Gasteiger partial charge in [0.25, 0.3) is 0 Å². The minimum atomic E-state index is -0.261. The third-order valence-electron chi connectivity index (χ3n) is 5.16. The summed E-state index contributed by atoms with van der Waals surface area (Å²) in [5.41, 5.74) is 7.15. The summed E-state index contributed by atoms with van der Waals surface area (Å²) in [6.07, 6.45) is 2.57. The molecule has 2 N–H and O–H groups in total. The third-order valence-corrected chi connectivity index (χ3v) is 5.16. The molecule has 6 nitrogen and oxygen atoms in total. The molecular weight excluding hydrogens is 387 g/mol. The Hall–Kier alpha value is -1.34. The monoisotopic (exact) mass is 416 g/mol. The van der Waals surface area contributed by atoms with Crippen molar-refractivity contribution in [1.82, 2.24) is 14.7 Å². The molecule has 0 aromatic heterocycles. The topological polar surface area (TPSA) is 69.9 Å². The molecule has 1 unspecified atom stereocenters. The SMILES string of the molecule is Cl.Cl.NC(CC(=O)N1CCN(CC(=O)N2CCCC2)CC1)c1ccccc1. The van der Waals surface area contributed by atoms with Crippen LogP contribution in [0.25, 0.3) is 0 Å². The summed E-state index contributed by atoms with van der Waals surface area (Å²) in [6.45, 7) is 5.13. The van der Waals surface area contributed by atoms with Crippen LogP contribution in [0.3, 0.4) is 0 Å². The summed E-state index contributed by atoms with van der Waals surface area (Å²) in [6, 6.07) is 9.48. The zero-order chi connectivity index (χ0) is 17.6. The summed E-state index contributed by atoms with van der Waals surface area (Å²) in [4.78, 5) is 30.7. The number of nitrogens with zero attached hydrogens (tertiary/aromatic N) is 3. The highest BCUT2D eigenvalue weighted by molar-refractivity contribution is 5.85. The van der Waals surface area contributed by atoms with E-state index in [9.17, 15) is 9.59 Å². The average Bonchev–Trinajstić information content (AvgIpc) is 3.18. The predicted molar refractivity (Wildman–Crippen MR) is 111 cm³/mol. The van der Waals surface area contributed by atoms with Crippen molar-refractivity contribution in [1.29, 1.82) is 0 Å². The molecule has 0 bridgehead atoms. The van der Waals surface area contributed by atoms with E-state index in [1.807, 2.05) is 40.1 Å². The molecule has 0 radical (unpaired) electrons. The van der Waals surface area contributed by atoms with Gasteiger partial charge in [-0.3, -0.25) is 14.5 Å². The number of rotatable bonds is 5. The lowest BCUT2D eigenvalue weighted by Crippen LogP contribution is -2.51. The highest BCUT2D eigenvalue weighted by atomic mass is 35.5. The Balaban J connectivity index is 0.00000182. The van der Waals surface area contributed by atoms with E-state index >= 15 is 0 Å². The van der Waals surface area contributed by atoms with Crippen molar-refractivity contribution in [3.05, 3.63) is 35.9 Å². The molecule has 8 heteroatoms. The van der Waals surface area contributed by atoms with Gasteiger partial charge in [0.2, 0.25) is 11.8 Å². The average molecular weight is 417 g/mol. The maximum atomic E-state index is 12.5. The molecule has 0 spiro atoms. The number of hydrogen-bond acceptors (Lipinski definition) is 4. The normalized spacial score (nSPS) is 18.4. The van der Waals surface area contributed by atoms with Gasteiger partial charge in [-0.2, -0.15) is 0 Å². The van der Waals surface area contributed by atoms with E-state index in [0.717, 1.165) is 44.6 Å². The molecule has 2 fully saturated rings. The summed E-state index contributed by atoms with van der Waals surface area (Å²) in [5, 5.41) is 0. The first-order valence-corrected chi connectivity index (χ1v) is 9.22. The number of carbonyl (C=O) groups is 2. The molecule has 1 atom stereocenters. The Bertz CT molecular complexity index is 589. The van der Waals surface area contributed by atoms with Gasteiger partial charge in [0.15, 0.2) is 0 Å². The van der Waals surface area contributed by atoms with Gasteiger partial charge in [0.1, 0.15) is 0 Å². The van der Waals surface area contributed by atoms with E-state index < -0.39 is 0 Å². The van der Waals surface area contributed by atoms with E-state index in [0.29, 0.717) is 26.1 Å². The van der Waals surface area contributed by atoms with Crippen molar-refractivity contribution in [2.45, 2.75) is 25.3 Å². The number of halogens is 2. The van der Waals surface area contributed by atoms with E-state index in [-0.39, 0.29) is 42.7 Å². The molecule has 2 aliphatic rings. The smallest absolute Gasteiger partial charge is 0.236 e. The van der Waals surface area contributed by atoms with Gasteiger partial charge in [-0.15, -0.1) is 24.8 Å². The Labute approximate surface area is 173 Å². The molecule has 27 heavy (non-hydrogen) atoms.